The molecule has 1 aliphatic heterocycles. The zero-order chi connectivity index (χ0) is 17.8. The first-order valence-electron chi connectivity index (χ1n) is 8.59. The summed E-state index contributed by atoms with van der Waals surface area (Å²) in [4.78, 5) is 23.4. The molecule has 7 heteroatoms. The van der Waals surface area contributed by atoms with Gasteiger partial charge in [0.15, 0.2) is 5.65 Å². The van der Waals surface area contributed by atoms with Crippen LogP contribution in [0.25, 0.3) is 11.0 Å². The Morgan fingerprint density at radius 2 is 2.20 bits per heavy atom. The molecule has 1 saturated heterocycles. The molecule has 1 saturated carbocycles. The lowest BCUT2D eigenvalue weighted by Crippen LogP contribution is -2.53. The average Bonchev–Trinajstić information content (AvgIpc) is 2.51. The lowest BCUT2D eigenvalue weighted by atomic mass is 9.77. The Balaban J connectivity index is 1.56. The summed E-state index contributed by atoms with van der Waals surface area (Å²) in [6, 6.07) is 4.03. The van der Waals surface area contributed by atoms with Crippen LogP contribution >= 0.6 is 11.6 Å². The van der Waals surface area contributed by atoms with Crippen LogP contribution in [0.1, 0.15) is 43.5 Å². The number of halogens is 1. The Bertz CT molecular complexity index is 846. The van der Waals surface area contributed by atoms with E-state index in [1.54, 1.807) is 19.2 Å². The summed E-state index contributed by atoms with van der Waals surface area (Å²) in [5.74, 6) is 0.570. The lowest BCUT2D eigenvalue weighted by molar-refractivity contribution is -0.0366. The van der Waals surface area contributed by atoms with Gasteiger partial charge < -0.3 is 15.3 Å². The number of amides is 1. The van der Waals surface area contributed by atoms with Crippen molar-refractivity contribution in [1.82, 2.24) is 15.3 Å². The molecule has 2 aliphatic rings. The molecule has 0 unspecified atom stereocenters. The highest BCUT2D eigenvalue weighted by molar-refractivity contribution is 6.33. The van der Waals surface area contributed by atoms with Crippen LogP contribution in [0.15, 0.2) is 18.3 Å². The predicted octanol–water partition coefficient (Wildman–Crippen LogP) is 2.53. The third-order valence-corrected chi connectivity index (χ3v) is 5.44. The van der Waals surface area contributed by atoms with E-state index in [1.165, 1.54) is 0 Å². The number of nitrogens with one attached hydrogen (secondary N) is 1. The standard InChI is InChI=1S/C18H21ClN4O2/c1-10-3-4-23(10)16-14(19)6-11-5-12(9-20-15(11)22-16)17(24)21-13-7-18(2,25)8-13/h5-6,9-10,13,25H,3-4,7-8H2,1-2H3,(H,21,24)/t10-,13?,18?/m0/s1. The van der Waals surface area contributed by atoms with Gasteiger partial charge in [-0.15, -0.1) is 0 Å². The first-order chi connectivity index (χ1) is 11.8. The minimum Gasteiger partial charge on any atom is -0.390 e. The third-order valence-electron chi connectivity index (χ3n) is 5.16. The van der Waals surface area contributed by atoms with Gasteiger partial charge in [0.25, 0.3) is 5.91 Å². The number of nitrogens with zero attached hydrogens (tertiary/aromatic N) is 3. The fourth-order valence-electron chi connectivity index (χ4n) is 3.56. The monoisotopic (exact) mass is 360 g/mol. The average molecular weight is 361 g/mol. The molecule has 4 rings (SSSR count). The van der Waals surface area contributed by atoms with E-state index in [-0.39, 0.29) is 11.9 Å². The quantitative estimate of drug-likeness (QED) is 0.879. The molecule has 0 bridgehead atoms. The molecule has 2 N–H and O–H groups in total. The summed E-state index contributed by atoms with van der Waals surface area (Å²) < 4.78 is 0. The van der Waals surface area contributed by atoms with Crippen molar-refractivity contribution in [2.45, 2.75) is 50.8 Å². The number of pyridine rings is 2. The van der Waals surface area contributed by atoms with Crippen LogP contribution < -0.4 is 10.2 Å². The van der Waals surface area contributed by atoms with Crippen molar-refractivity contribution in [1.29, 1.82) is 0 Å². The molecule has 1 aliphatic carbocycles. The highest BCUT2D eigenvalue weighted by Gasteiger charge is 2.39. The Morgan fingerprint density at radius 3 is 2.80 bits per heavy atom. The van der Waals surface area contributed by atoms with Crippen LogP contribution in [0.2, 0.25) is 5.02 Å². The number of aliphatic hydroxyl groups is 1. The summed E-state index contributed by atoms with van der Waals surface area (Å²) in [7, 11) is 0. The van der Waals surface area contributed by atoms with E-state index in [1.807, 2.05) is 6.07 Å². The highest BCUT2D eigenvalue weighted by Crippen LogP contribution is 2.33. The van der Waals surface area contributed by atoms with Gasteiger partial charge in [0.05, 0.1) is 16.2 Å². The number of carbonyl (C=O) groups is 1. The molecule has 0 spiro atoms. The molecule has 2 aromatic rings. The van der Waals surface area contributed by atoms with E-state index in [0.29, 0.717) is 35.1 Å². The smallest absolute Gasteiger partial charge is 0.253 e. The largest absolute Gasteiger partial charge is 0.390 e. The molecule has 1 amide bonds. The van der Waals surface area contributed by atoms with Crippen molar-refractivity contribution in [3.05, 3.63) is 28.9 Å². The summed E-state index contributed by atoms with van der Waals surface area (Å²) in [6.07, 6.45) is 3.82. The molecule has 25 heavy (non-hydrogen) atoms. The van der Waals surface area contributed by atoms with Gasteiger partial charge in [-0.1, -0.05) is 11.6 Å². The van der Waals surface area contributed by atoms with Gasteiger partial charge in [-0.3, -0.25) is 4.79 Å². The maximum Gasteiger partial charge on any atom is 0.253 e. The normalized spacial score (nSPS) is 28.4. The van der Waals surface area contributed by atoms with Gasteiger partial charge in [-0.25, -0.2) is 9.97 Å². The maximum absolute atomic E-state index is 12.4. The van der Waals surface area contributed by atoms with Crippen LogP contribution in [0.5, 0.6) is 0 Å². The molecule has 132 valence electrons. The van der Waals surface area contributed by atoms with Crippen molar-refractivity contribution >= 4 is 34.4 Å². The SMILES string of the molecule is C[C@H]1CCN1c1nc2ncc(C(=O)NC3CC(C)(O)C3)cc2cc1Cl. The van der Waals surface area contributed by atoms with Crippen LogP contribution in [0.3, 0.4) is 0 Å². The van der Waals surface area contributed by atoms with Crippen LogP contribution in [0, 0.1) is 0 Å². The number of anilines is 1. The van der Waals surface area contributed by atoms with Crippen LogP contribution in [-0.2, 0) is 0 Å². The number of rotatable bonds is 3. The minimum absolute atomic E-state index is 0.00944. The van der Waals surface area contributed by atoms with Crippen LogP contribution in [0.4, 0.5) is 5.82 Å². The van der Waals surface area contributed by atoms with Crippen LogP contribution in [-0.4, -0.2) is 45.2 Å². The predicted molar refractivity (Wildman–Crippen MR) is 97.1 cm³/mol. The van der Waals surface area contributed by atoms with Gasteiger partial charge >= 0.3 is 0 Å². The fourth-order valence-corrected chi connectivity index (χ4v) is 3.83. The van der Waals surface area contributed by atoms with E-state index < -0.39 is 5.60 Å². The highest BCUT2D eigenvalue weighted by atomic mass is 35.5. The summed E-state index contributed by atoms with van der Waals surface area (Å²) >= 11 is 6.39. The number of aromatic nitrogens is 2. The number of hydrogen-bond donors (Lipinski definition) is 2. The molecule has 1 atom stereocenters. The first kappa shape index (κ1) is 16.5. The molecule has 2 fully saturated rings. The van der Waals surface area contributed by atoms with Crippen molar-refractivity contribution in [3.63, 3.8) is 0 Å². The molecule has 6 nitrogen and oxygen atoms in total. The van der Waals surface area contributed by atoms with Crippen molar-refractivity contribution in [2.24, 2.45) is 0 Å². The zero-order valence-electron chi connectivity index (χ0n) is 14.3. The van der Waals surface area contributed by atoms with E-state index in [0.717, 1.165) is 24.2 Å². The third kappa shape index (κ3) is 3.04. The Kier molecular flexibility index (Phi) is 3.85. The fraction of sp³-hybridized carbons (Fsp3) is 0.500. The molecule has 0 radical (unpaired) electrons. The topological polar surface area (TPSA) is 78.4 Å². The number of hydrogen-bond acceptors (Lipinski definition) is 5. The molecular formula is C18H21ClN4O2. The number of carbonyl (C=O) groups excluding carboxylic acids is 1. The summed E-state index contributed by atoms with van der Waals surface area (Å²) in [5, 5.41) is 14.0. The minimum atomic E-state index is -0.665. The lowest BCUT2D eigenvalue weighted by Gasteiger charge is -2.41. The molecule has 0 aromatic carbocycles. The van der Waals surface area contributed by atoms with Gasteiger partial charge in [-0.05, 0) is 45.2 Å². The second-order valence-corrected chi connectivity index (χ2v) is 7.88. The Hall–Kier alpha value is -1.92. The molecule has 2 aromatic heterocycles. The van der Waals surface area contributed by atoms with Crippen molar-refractivity contribution < 1.29 is 9.90 Å². The zero-order valence-corrected chi connectivity index (χ0v) is 15.0. The van der Waals surface area contributed by atoms with Crippen molar-refractivity contribution in [2.75, 3.05) is 11.4 Å². The maximum atomic E-state index is 12.4. The van der Waals surface area contributed by atoms with Gasteiger partial charge in [0, 0.05) is 30.2 Å². The Labute approximate surface area is 151 Å². The molecular weight excluding hydrogens is 340 g/mol. The van der Waals surface area contributed by atoms with E-state index in [9.17, 15) is 9.90 Å². The van der Waals surface area contributed by atoms with Crippen molar-refractivity contribution in [3.8, 4) is 0 Å². The number of fused-ring (bicyclic) bond motifs is 1. The van der Waals surface area contributed by atoms with E-state index in [2.05, 4.69) is 27.1 Å². The second kappa shape index (κ2) is 5.81. The van der Waals surface area contributed by atoms with Gasteiger partial charge in [-0.2, -0.15) is 0 Å². The molecule has 3 heterocycles. The second-order valence-electron chi connectivity index (χ2n) is 7.47. The van der Waals surface area contributed by atoms with Gasteiger partial charge in [0.2, 0.25) is 0 Å². The Morgan fingerprint density at radius 1 is 1.44 bits per heavy atom. The van der Waals surface area contributed by atoms with E-state index >= 15 is 0 Å². The first-order valence-corrected chi connectivity index (χ1v) is 8.96. The van der Waals surface area contributed by atoms with Gasteiger partial charge in [0.1, 0.15) is 5.82 Å². The van der Waals surface area contributed by atoms with E-state index in [4.69, 9.17) is 11.6 Å². The summed E-state index contributed by atoms with van der Waals surface area (Å²) in [5.41, 5.74) is 0.394. The summed E-state index contributed by atoms with van der Waals surface area (Å²) in [6.45, 7) is 4.87.